The van der Waals surface area contributed by atoms with E-state index in [1.54, 1.807) is 27.9 Å². The predicted octanol–water partition coefficient (Wildman–Crippen LogP) is 2.07. The maximum atomic E-state index is 12.2. The number of halogens is 1. The molecule has 1 fully saturated rings. The molecular weight excluding hydrogens is 362 g/mol. The average Bonchev–Trinajstić information content (AvgIpc) is 3.00. The fourth-order valence-electron chi connectivity index (χ4n) is 2.26. The van der Waals surface area contributed by atoms with Crippen molar-refractivity contribution in [2.45, 2.75) is 12.1 Å². The molecule has 0 atom stereocenters. The van der Waals surface area contributed by atoms with Crippen molar-refractivity contribution in [1.29, 1.82) is 0 Å². The topological polar surface area (TPSA) is 72.6 Å². The Labute approximate surface area is 155 Å². The molecule has 0 spiro atoms. The van der Waals surface area contributed by atoms with Gasteiger partial charge >= 0.3 is 0 Å². The van der Waals surface area contributed by atoms with Crippen LogP contribution in [0.2, 0.25) is 5.02 Å². The molecule has 0 bridgehead atoms. The number of carbonyl (C=O) groups excluding carboxylic acids is 1. The monoisotopic (exact) mass is 379 g/mol. The normalized spacial score (nSPS) is 15.0. The number of thioether (sulfide) groups is 1. The molecule has 0 unspecified atom stereocenters. The van der Waals surface area contributed by atoms with Crippen molar-refractivity contribution in [3.63, 3.8) is 0 Å². The van der Waals surface area contributed by atoms with E-state index >= 15 is 0 Å². The quantitative estimate of drug-likeness (QED) is 0.587. The minimum absolute atomic E-state index is 0.0715. The summed E-state index contributed by atoms with van der Waals surface area (Å²) >= 11 is 7.21. The lowest BCUT2D eigenvalue weighted by molar-refractivity contribution is -0.132. The first-order chi connectivity index (χ1) is 12.1. The van der Waals surface area contributed by atoms with Gasteiger partial charge in [0.2, 0.25) is 11.1 Å². The molecule has 1 aromatic heterocycles. The minimum Gasteiger partial charge on any atom is -0.378 e. The predicted molar refractivity (Wildman–Crippen MR) is 97.3 cm³/mol. The lowest BCUT2D eigenvalue weighted by Crippen LogP contribution is -2.41. The fraction of sp³-hybridized carbons (Fsp3) is 0.375. The smallest absolute Gasteiger partial charge is 0.233 e. The van der Waals surface area contributed by atoms with Gasteiger partial charge in [-0.1, -0.05) is 35.5 Å². The second kappa shape index (κ2) is 8.46. The van der Waals surface area contributed by atoms with Crippen LogP contribution in [0.4, 0.5) is 0 Å². The van der Waals surface area contributed by atoms with Gasteiger partial charge in [-0.25, -0.2) is 0 Å². The molecule has 1 aliphatic heterocycles. The summed E-state index contributed by atoms with van der Waals surface area (Å²) < 4.78 is 6.89. The van der Waals surface area contributed by atoms with Crippen LogP contribution in [0.15, 0.2) is 34.5 Å². The molecule has 9 heteroatoms. The summed E-state index contributed by atoms with van der Waals surface area (Å²) in [6.45, 7) is 4.29. The van der Waals surface area contributed by atoms with Crippen molar-refractivity contribution < 1.29 is 9.53 Å². The third-order valence-corrected chi connectivity index (χ3v) is 4.80. The highest BCUT2D eigenvalue weighted by molar-refractivity contribution is 7.99. The van der Waals surface area contributed by atoms with Crippen molar-refractivity contribution in [3.8, 4) is 0 Å². The summed E-state index contributed by atoms with van der Waals surface area (Å²) in [5.41, 5.74) is 0.915. The van der Waals surface area contributed by atoms with Crippen LogP contribution >= 0.6 is 23.4 Å². The van der Waals surface area contributed by atoms with E-state index in [2.05, 4.69) is 15.3 Å². The lowest BCUT2D eigenvalue weighted by Gasteiger charge is -2.26. The van der Waals surface area contributed by atoms with Crippen LogP contribution in [-0.2, 0) is 9.53 Å². The Morgan fingerprint density at radius 2 is 2.04 bits per heavy atom. The highest BCUT2D eigenvalue weighted by atomic mass is 35.5. The van der Waals surface area contributed by atoms with E-state index in [1.807, 2.05) is 19.1 Å². The van der Waals surface area contributed by atoms with Crippen LogP contribution < -0.4 is 0 Å². The Morgan fingerprint density at radius 1 is 1.32 bits per heavy atom. The van der Waals surface area contributed by atoms with Crippen molar-refractivity contribution in [2.75, 3.05) is 32.1 Å². The van der Waals surface area contributed by atoms with Crippen molar-refractivity contribution >= 4 is 35.5 Å². The van der Waals surface area contributed by atoms with E-state index in [9.17, 15) is 4.79 Å². The first-order valence-corrected chi connectivity index (χ1v) is 9.20. The maximum absolute atomic E-state index is 12.2. The second-order valence-electron chi connectivity index (χ2n) is 5.42. The Bertz CT molecular complexity index is 756. The Morgan fingerprint density at radius 3 is 2.76 bits per heavy atom. The van der Waals surface area contributed by atoms with Crippen LogP contribution in [0, 0.1) is 6.92 Å². The van der Waals surface area contributed by atoms with E-state index in [4.69, 9.17) is 16.3 Å². The van der Waals surface area contributed by atoms with Gasteiger partial charge in [-0.3, -0.25) is 4.79 Å². The SMILES string of the molecule is Cc1nnc(SCC(=O)N2CCOCC2)n1/N=C\c1ccc(Cl)cc1. The van der Waals surface area contributed by atoms with Crippen LogP contribution in [0.25, 0.3) is 0 Å². The molecule has 1 saturated heterocycles. The molecule has 25 heavy (non-hydrogen) atoms. The maximum Gasteiger partial charge on any atom is 0.233 e. The molecule has 0 radical (unpaired) electrons. The fourth-order valence-corrected chi connectivity index (χ4v) is 3.23. The summed E-state index contributed by atoms with van der Waals surface area (Å²) in [6.07, 6.45) is 1.71. The summed E-state index contributed by atoms with van der Waals surface area (Å²) in [7, 11) is 0. The van der Waals surface area contributed by atoms with Crippen molar-refractivity contribution in [2.24, 2.45) is 5.10 Å². The van der Waals surface area contributed by atoms with Gasteiger partial charge in [0.1, 0.15) is 0 Å². The molecule has 1 aromatic carbocycles. The van der Waals surface area contributed by atoms with Gasteiger partial charge in [0, 0.05) is 18.1 Å². The summed E-state index contributed by atoms with van der Waals surface area (Å²) in [4.78, 5) is 14.0. The van der Waals surface area contributed by atoms with E-state index in [0.717, 1.165) is 5.56 Å². The average molecular weight is 380 g/mol. The number of hydrogen-bond donors (Lipinski definition) is 0. The van der Waals surface area contributed by atoms with E-state index in [-0.39, 0.29) is 5.91 Å². The molecule has 1 amide bonds. The third kappa shape index (κ3) is 4.81. The standard InChI is InChI=1S/C16H18ClN5O2S/c1-12-19-20-16(25-11-15(23)21-6-8-24-9-7-21)22(12)18-10-13-2-4-14(17)5-3-13/h2-5,10H,6-9,11H2,1H3/b18-10-. The Hall–Kier alpha value is -1.90. The van der Waals surface area contributed by atoms with Gasteiger partial charge in [-0.15, -0.1) is 10.2 Å². The van der Waals surface area contributed by atoms with E-state index in [0.29, 0.717) is 48.1 Å². The molecule has 0 N–H and O–H groups in total. The number of rotatable bonds is 5. The van der Waals surface area contributed by atoms with E-state index in [1.165, 1.54) is 11.8 Å². The second-order valence-corrected chi connectivity index (χ2v) is 6.80. The summed E-state index contributed by atoms with van der Waals surface area (Å²) in [6, 6.07) is 7.36. The van der Waals surface area contributed by atoms with Crippen LogP contribution in [0.1, 0.15) is 11.4 Å². The number of amides is 1. The Kier molecular flexibility index (Phi) is 6.06. The zero-order valence-electron chi connectivity index (χ0n) is 13.8. The van der Waals surface area contributed by atoms with Crippen molar-refractivity contribution in [3.05, 3.63) is 40.7 Å². The number of aromatic nitrogens is 3. The van der Waals surface area contributed by atoms with Gasteiger partial charge in [-0.05, 0) is 24.6 Å². The molecule has 3 rings (SSSR count). The van der Waals surface area contributed by atoms with Gasteiger partial charge < -0.3 is 9.64 Å². The number of morpholine rings is 1. The number of nitrogens with zero attached hydrogens (tertiary/aromatic N) is 5. The zero-order valence-corrected chi connectivity index (χ0v) is 15.3. The van der Waals surface area contributed by atoms with Crippen LogP contribution in [0.5, 0.6) is 0 Å². The zero-order chi connectivity index (χ0) is 17.6. The van der Waals surface area contributed by atoms with Crippen LogP contribution in [-0.4, -0.2) is 64.0 Å². The largest absolute Gasteiger partial charge is 0.378 e. The highest BCUT2D eigenvalue weighted by Gasteiger charge is 2.18. The van der Waals surface area contributed by atoms with Crippen molar-refractivity contribution in [1.82, 2.24) is 19.8 Å². The molecule has 0 saturated carbocycles. The number of aryl methyl sites for hydroxylation is 1. The molecular formula is C16H18ClN5O2S. The number of carbonyl (C=O) groups is 1. The number of ether oxygens (including phenoxy) is 1. The van der Waals surface area contributed by atoms with Gasteiger partial charge in [0.05, 0.1) is 25.2 Å². The lowest BCUT2D eigenvalue weighted by atomic mass is 10.2. The Balaban J connectivity index is 1.64. The van der Waals surface area contributed by atoms with Gasteiger partial charge in [0.25, 0.3) is 0 Å². The first kappa shape index (κ1) is 17.9. The summed E-state index contributed by atoms with van der Waals surface area (Å²) in [5.74, 6) is 1.03. The number of hydrogen-bond acceptors (Lipinski definition) is 6. The van der Waals surface area contributed by atoms with Gasteiger partial charge in [-0.2, -0.15) is 9.78 Å². The molecule has 7 nitrogen and oxygen atoms in total. The van der Waals surface area contributed by atoms with Gasteiger partial charge in [0.15, 0.2) is 5.82 Å². The van der Waals surface area contributed by atoms with Crippen LogP contribution in [0.3, 0.4) is 0 Å². The minimum atomic E-state index is 0.0715. The highest BCUT2D eigenvalue weighted by Crippen LogP contribution is 2.18. The number of benzene rings is 1. The molecule has 1 aliphatic rings. The first-order valence-electron chi connectivity index (χ1n) is 7.84. The molecule has 0 aliphatic carbocycles. The molecule has 2 heterocycles. The third-order valence-electron chi connectivity index (χ3n) is 3.65. The molecule has 132 valence electrons. The van der Waals surface area contributed by atoms with E-state index < -0.39 is 0 Å². The summed E-state index contributed by atoms with van der Waals surface area (Å²) in [5, 5.41) is 13.8. The molecule has 2 aromatic rings.